The Balaban J connectivity index is 2.27. The maximum Gasteiger partial charge on any atom is 0.196 e. The van der Waals surface area contributed by atoms with Crippen molar-refractivity contribution in [1.29, 1.82) is 0 Å². The smallest absolute Gasteiger partial charge is 0.196 e. The number of carbonyl (C=O) groups excluding carboxylic acids is 2. The van der Waals surface area contributed by atoms with Gasteiger partial charge in [-0.05, 0) is 26.8 Å². The molecule has 0 atom stereocenters. The average Bonchev–Trinajstić information content (AvgIpc) is 2.45. The largest absolute Gasteiger partial charge is 0.872 e. The van der Waals surface area contributed by atoms with E-state index in [1.54, 1.807) is 30.3 Å². The first-order valence-electron chi connectivity index (χ1n) is 7.10. The molecule has 4 heteroatoms. The second-order valence-electron chi connectivity index (χ2n) is 6.44. The summed E-state index contributed by atoms with van der Waals surface area (Å²) >= 11 is 0. The molecule has 0 aliphatic heterocycles. The van der Waals surface area contributed by atoms with E-state index >= 15 is 0 Å². The van der Waals surface area contributed by atoms with Crippen molar-refractivity contribution in [3.05, 3.63) is 58.7 Å². The molecule has 22 heavy (non-hydrogen) atoms. The summed E-state index contributed by atoms with van der Waals surface area (Å²) in [7, 11) is 0. The second-order valence-corrected chi connectivity index (χ2v) is 6.44. The molecule has 0 fully saturated rings. The summed E-state index contributed by atoms with van der Waals surface area (Å²) in [4.78, 5) is 25.4. The molecule has 1 aliphatic rings. The van der Waals surface area contributed by atoms with Crippen LogP contribution < -0.4 is 10.4 Å². The first kappa shape index (κ1) is 14.3. The molecule has 4 nitrogen and oxygen atoms in total. The van der Waals surface area contributed by atoms with Gasteiger partial charge in [-0.2, -0.15) is 0 Å². The van der Waals surface area contributed by atoms with Crippen molar-refractivity contribution < 1.29 is 14.7 Å². The number of ketones is 2. The zero-order valence-electron chi connectivity index (χ0n) is 12.7. The monoisotopic (exact) mass is 294 g/mol. The van der Waals surface area contributed by atoms with Gasteiger partial charge in [-0.1, -0.05) is 36.1 Å². The Morgan fingerprint density at radius 2 is 1.41 bits per heavy atom. The number of anilines is 1. The lowest BCUT2D eigenvalue weighted by Crippen LogP contribution is -2.30. The standard InChI is InChI=1S/C18H17NO3/c1-18(2,3)19-12-8-9-13(20)15-14(12)16(21)10-6-4-5-7-11(10)17(15)22/h4-9,19-20H,1-3H3/p-1. The van der Waals surface area contributed by atoms with Gasteiger partial charge in [0.25, 0.3) is 0 Å². The molecule has 3 rings (SSSR count). The van der Waals surface area contributed by atoms with Crippen LogP contribution >= 0.6 is 0 Å². The Kier molecular flexibility index (Phi) is 3.06. The Bertz CT molecular complexity index is 800. The van der Waals surface area contributed by atoms with E-state index < -0.39 is 5.75 Å². The average molecular weight is 294 g/mol. The number of hydrogen-bond donors (Lipinski definition) is 1. The molecule has 0 spiro atoms. The predicted octanol–water partition coefficient (Wildman–Crippen LogP) is 2.75. The minimum Gasteiger partial charge on any atom is -0.872 e. The van der Waals surface area contributed by atoms with Gasteiger partial charge in [-0.3, -0.25) is 9.59 Å². The molecular formula is C18H16NO3-. The van der Waals surface area contributed by atoms with E-state index in [1.807, 2.05) is 20.8 Å². The minimum atomic E-state index is -0.415. The molecule has 0 saturated carbocycles. The highest BCUT2D eigenvalue weighted by Crippen LogP contribution is 2.36. The Morgan fingerprint density at radius 3 is 1.95 bits per heavy atom. The van der Waals surface area contributed by atoms with E-state index in [1.165, 1.54) is 6.07 Å². The highest BCUT2D eigenvalue weighted by atomic mass is 16.3. The maximum atomic E-state index is 12.8. The number of benzene rings is 2. The fourth-order valence-electron chi connectivity index (χ4n) is 2.70. The van der Waals surface area contributed by atoms with Gasteiger partial charge in [-0.25, -0.2) is 0 Å². The van der Waals surface area contributed by atoms with Crippen LogP contribution in [0.3, 0.4) is 0 Å². The number of rotatable bonds is 1. The van der Waals surface area contributed by atoms with Crippen LogP contribution in [0.25, 0.3) is 0 Å². The number of nitrogens with one attached hydrogen (secondary N) is 1. The van der Waals surface area contributed by atoms with E-state index in [9.17, 15) is 14.7 Å². The molecule has 0 heterocycles. The quantitative estimate of drug-likeness (QED) is 0.749. The first-order chi connectivity index (χ1) is 10.3. The third kappa shape index (κ3) is 2.17. The molecule has 0 saturated heterocycles. The Morgan fingerprint density at radius 1 is 0.864 bits per heavy atom. The second kappa shape index (κ2) is 4.70. The molecule has 2 aromatic rings. The molecule has 0 aromatic heterocycles. The summed E-state index contributed by atoms with van der Waals surface area (Å²) in [6.07, 6.45) is 0. The van der Waals surface area contributed by atoms with Crippen LogP contribution in [-0.4, -0.2) is 17.1 Å². The van der Waals surface area contributed by atoms with Crippen molar-refractivity contribution in [1.82, 2.24) is 0 Å². The van der Waals surface area contributed by atoms with Crippen LogP contribution in [0.5, 0.6) is 5.75 Å². The van der Waals surface area contributed by atoms with Gasteiger partial charge < -0.3 is 10.4 Å². The normalized spacial score (nSPS) is 13.6. The van der Waals surface area contributed by atoms with Crippen LogP contribution in [0.2, 0.25) is 0 Å². The molecule has 0 amide bonds. The van der Waals surface area contributed by atoms with E-state index in [0.717, 1.165) is 0 Å². The van der Waals surface area contributed by atoms with E-state index in [2.05, 4.69) is 5.32 Å². The van der Waals surface area contributed by atoms with Gasteiger partial charge in [0, 0.05) is 27.9 Å². The molecule has 1 aliphatic carbocycles. The van der Waals surface area contributed by atoms with Crippen LogP contribution in [0, 0.1) is 0 Å². The molecule has 112 valence electrons. The lowest BCUT2D eigenvalue weighted by Gasteiger charge is -2.29. The number of hydrogen-bond acceptors (Lipinski definition) is 4. The van der Waals surface area contributed by atoms with Crippen LogP contribution in [-0.2, 0) is 0 Å². The summed E-state index contributed by atoms with van der Waals surface area (Å²) < 4.78 is 0. The fraction of sp³-hybridized carbons (Fsp3) is 0.222. The van der Waals surface area contributed by atoms with E-state index in [4.69, 9.17) is 0 Å². The van der Waals surface area contributed by atoms with E-state index in [0.29, 0.717) is 16.8 Å². The van der Waals surface area contributed by atoms with Crippen molar-refractivity contribution in [3.8, 4) is 5.75 Å². The lowest BCUT2D eigenvalue weighted by atomic mass is 9.82. The van der Waals surface area contributed by atoms with Gasteiger partial charge in [0.1, 0.15) is 0 Å². The van der Waals surface area contributed by atoms with Crippen LogP contribution in [0.1, 0.15) is 52.6 Å². The van der Waals surface area contributed by atoms with Gasteiger partial charge in [0.15, 0.2) is 11.6 Å². The summed E-state index contributed by atoms with van der Waals surface area (Å²) in [5.41, 5.74) is 1.03. The first-order valence-corrected chi connectivity index (χ1v) is 7.10. The van der Waals surface area contributed by atoms with Crippen molar-refractivity contribution >= 4 is 17.3 Å². The van der Waals surface area contributed by atoms with Gasteiger partial charge in [0.2, 0.25) is 0 Å². The Labute approximate surface area is 128 Å². The molecule has 0 bridgehead atoms. The third-order valence-corrected chi connectivity index (χ3v) is 3.55. The lowest BCUT2D eigenvalue weighted by molar-refractivity contribution is -0.268. The topological polar surface area (TPSA) is 69.2 Å². The summed E-state index contributed by atoms with van der Waals surface area (Å²) in [6.45, 7) is 5.86. The summed E-state index contributed by atoms with van der Waals surface area (Å²) in [5, 5.41) is 15.4. The van der Waals surface area contributed by atoms with Crippen molar-refractivity contribution in [3.63, 3.8) is 0 Å². The van der Waals surface area contributed by atoms with Crippen LogP contribution in [0.4, 0.5) is 5.69 Å². The third-order valence-electron chi connectivity index (χ3n) is 3.55. The molecule has 1 N–H and O–H groups in total. The zero-order chi connectivity index (χ0) is 16.1. The Hall–Kier alpha value is -2.62. The van der Waals surface area contributed by atoms with Gasteiger partial charge >= 0.3 is 0 Å². The number of fused-ring (bicyclic) bond motifs is 2. The zero-order valence-corrected chi connectivity index (χ0v) is 12.7. The fourth-order valence-corrected chi connectivity index (χ4v) is 2.70. The highest BCUT2D eigenvalue weighted by molar-refractivity contribution is 6.31. The molecule has 2 aromatic carbocycles. The predicted molar refractivity (Wildman–Crippen MR) is 82.6 cm³/mol. The van der Waals surface area contributed by atoms with Crippen LogP contribution in [0.15, 0.2) is 36.4 Å². The summed E-state index contributed by atoms with van der Waals surface area (Å²) in [5.74, 6) is -1.08. The van der Waals surface area contributed by atoms with Crippen molar-refractivity contribution in [2.24, 2.45) is 0 Å². The van der Waals surface area contributed by atoms with Crippen molar-refractivity contribution in [2.75, 3.05) is 5.32 Å². The van der Waals surface area contributed by atoms with Gasteiger partial charge in [0.05, 0.1) is 5.56 Å². The molecule has 0 radical (unpaired) electrons. The maximum absolute atomic E-state index is 12.8. The molecule has 0 unspecified atom stereocenters. The minimum absolute atomic E-state index is 0.0297. The van der Waals surface area contributed by atoms with Gasteiger partial charge in [-0.15, -0.1) is 0 Å². The van der Waals surface area contributed by atoms with Crippen molar-refractivity contribution in [2.45, 2.75) is 26.3 Å². The number of carbonyl (C=O) groups is 2. The van der Waals surface area contributed by atoms with E-state index in [-0.39, 0.29) is 28.2 Å². The molecular weight excluding hydrogens is 278 g/mol. The summed E-state index contributed by atoms with van der Waals surface area (Å²) in [6, 6.07) is 9.53. The SMILES string of the molecule is CC(C)(C)Nc1ccc([O-])c2c1C(=O)c1ccccc1C2=O. The highest BCUT2D eigenvalue weighted by Gasteiger charge is 2.32.